The Morgan fingerprint density at radius 3 is 1.48 bits per heavy atom. The summed E-state index contributed by atoms with van der Waals surface area (Å²) >= 11 is 0. The van der Waals surface area contributed by atoms with Gasteiger partial charge in [0.05, 0.1) is 0 Å². The monoisotopic (exact) mass is 364 g/mol. The van der Waals surface area contributed by atoms with Crippen molar-refractivity contribution in [1.82, 2.24) is 0 Å². The van der Waals surface area contributed by atoms with Gasteiger partial charge in [0, 0.05) is 27.4 Å². The van der Waals surface area contributed by atoms with Crippen LogP contribution < -0.4 is 0 Å². The molecule has 2 aromatic carbocycles. The molecule has 0 unspecified atom stereocenters. The van der Waals surface area contributed by atoms with E-state index >= 15 is 0 Å². The van der Waals surface area contributed by atoms with Gasteiger partial charge >= 0.3 is 0 Å². The molecule has 2 saturated carbocycles. The Labute approximate surface area is 163 Å². The van der Waals surface area contributed by atoms with Gasteiger partial charge in [-0.05, 0) is 65.9 Å². The second kappa shape index (κ2) is 8.16. The Balaban J connectivity index is 1.73. The van der Waals surface area contributed by atoms with Gasteiger partial charge in [0.1, 0.15) is 0 Å². The summed E-state index contributed by atoms with van der Waals surface area (Å²) in [5, 5.41) is 0. The standard InChI is InChI=1S/C25H32O2/c1-26-17-21-22(18-27-2)24-14-13-23(21)25(24,15-19-9-5-3-6-10-19)16-20-11-7-4-8-12-20/h3-12,21-24H,13-18H2,1-2H3/t21-,22-,23+,24+/m1/s1. The highest BCUT2D eigenvalue weighted by atomic mass is 16.5. The van der Waals surface area contributed by atoms with Gasteiger partial charge in [0.15, 0.2) is 0 Å². The largest absolute Gasteiger partial charge is 0.384 e. The molecule has 2 aliphatic rings. The van der Waals surface area contributed by atoms with Crippen molar-refractivity contribution >= 4 is 0 Å². The van der Waals surface area contributed by atoms with Gasteiger partial charge in [-0.25, -0.2) is 0 Å². The molecule has 2 heteroatoms. The average molecular weight is 365 g/mol. The Bertz CT molecular complexity index is 648. The molecule has 0 N–H and O–H groups in total. The number of methoxy groups -OCH3 is 2. The minimum Gasteiger partial charge on any atom is -0.384 e. The molecular formula is C25H32O2. The van der Waals surface area contributed by atoms with Crippen molar-refractivity contribution in [2.75, 3.05) is 27.4 Å². The minimum atomic E-state index is 0.315. The summed E-state index contributed by atoms with van der Waals surface area (Å²) < 4.78 is 11.4. The van der Waals surface area contributed by atoms with E-state index in [0.29, 0.717) is 29.1 Å². The van der Waals surface area contributed by atoms with Gasteiger partial charge in [-0.15, -0.1) is 0 Å². The van der Waals surface area contributed by atoms with E-state index in [1.54, 1.807) is 0 Å². The zero-order valence-corrected chi connectivity index (χ0v) is 16.6. The molecule has 0 aromatic heterocycles. The van der Waals surface area contributed by atoms with Crippen LogP contribution in [0.1, 0.15) is 24.0 Å². The van der Waals surface area contributed by atoms with Crippen LogP contribution in [0.5, 0.6) is 0 Å². The molecular weight excluding hydrogens is 332 g/mol. The molecule has 4 atom stereocenters. The van der Waals surface area contributed by atoms with Crippen LogP contribution in [-0.4, -0.2) is 27.4 Å². The van der Waals surface area contributed by atoms with Gasteiger partial charge in [-0.1, -0.05) is 60.7 Å². The van der Waals surface area contributed by atoms with Crippen molar-refractivity contribution in [2.45, 2.75) is 25.7 Å². The fourth-order valence-corrected chi connectivity index (χ4v) is 6.49. The van der Waals surface area contributed by atoms with E-state index in [9.17, 15) is 0 Å². The molecule has 0 heterocycles. The lowest BCUT2D eigenvalue weighted by atomic mass is 9.68. The van der Waals surface area contributed by atoms with Crippen molar-refractivity contribution in [1.29, 1.82) is 0 Å². The van der Waals surface area contributed by atoms with E-state index in [2.05, 4.69) is 60.7 Å². The topological polar surface area (TPSA) is 18.5 Å². The van der Waals surface area contributed by atoms with Crippen molar-refractivity contribution in [2.24, 2.45) is 29.1 Å². The lowest BCUT2D eigenvalue weighted by Crippen LogP contribution is -2.34. The van der Waals surface area contributed by atoms with Crippen LogP contribution in [0.25, 0.3) is 0 Å². The number of hydrogen-bond donors (Lipinski definition) is 0. The predicted molar refractivity (Wildman–Crippen MR) is 110 cm³/mol. The van der Waals surface area contributed by atoms with Crippen LogP contribution >= 0.6 is 0 Å². The molecule has 2 nitrogen and oxygen atoms in total. The quantitative estimate of drug-likeness (QED) is 0.654. The molecule has 0 aliphatic heterocycles. The third-order valence-electron chi connectivity index (χ3n) is 7.32. The van der Waals surface area contributed by atoms with E-state index in [4.69, 9.17) is 9.47 Å². The van der Waals surface area contributed by atoms with E-state index in [0.717, 1.165) is 13.2 Å². The molecule has 0 radical (unpaired) electrons. The molecule has 144 valence electrons. The van der Waals surface area contributed by atoms with Gasteiger partial charge in [-0.2, -0.15) is 0 Å². The number of rotatable bonds is 8. The van der Waals surface area contributed by atoms with Gasteiger partial charge in [0.2, 0.25) is 0 Å². The summed E-state index contributed by atoms with van der Waals surface area (Å²) in [7, 11) is 3.71. The maximum absolute atomic E-state index is 5.69. The number of fused-ring (bicyclic) bond motifs is 2. The van der Waals surface area contributed by atoms with Crippen LogP contribution in [0, 0.1) is 29.1 Å². The van der Waals surface area contributed by atoms with Crippen molar-refractivity contribution in [3.63, 3.8) is 0 Å². The molecule has 2 bridgehead atoms. The highest BCUT2D eigenvalue weighted by molar-refractivity contribution is 5.26. The van der Waals surface area contributed by atoms with Crippen LogP contribution in [0.4, 0.5) is 0 Å². The highest BCUT2D eigenvalue weighted by Gasteiger charge is 2.62. The van der Waals surface area contributed by atoms with Crippen LogP contribution in [0.15, 0.2) is 60.7 Å². The first-order valence-electron chi connectivity index (χ1n) is 10.3. The van der Waals surface area contributed by atoms with E-state index in [-0.39, 0.29) is 0 Å². The van der Waals surface area contributed by atoms with E-state index in [1.165, 1.54) is 36.8 Å². The normalized spacial score (nSPS) is 28.5. The average Bonchev–Trinajstić information content (AvgIpc) is 3.14. The molecule has 0 saturated heterocycles. The molecule has 4 rings (SSSR count). The summed E-state index contributed by atoms with van der Waals surface area (Å²) in [6.45, 7) is 1.72. The Morgan fingerprint density at radius 2 is 1.11 bits per heavy atom. The fourth-order valence-electron chi connectivity index (χ4n) is 6.49. The van der Waals surface area contributed by atoms with Gasteiger partial charge in [0.25, 0.3) is 0 Å². The maximum atomic E-state index is 5.69. The first-order chi connectivity index (χ1) is 13.3. The zero-order valence-electron chi connectivity index (χ0n) is 16.6. The summed E-state index contributed by atoms with van der Waals surface area (Å²) in [4.78, 5) is 0. The van der Waals surface area contributed by atoms with Gasteiger partial charge < -0.3 is 9.47 Å². The third kappa shape index (κ3) is 3.46. The number of ether oxygens (including phenoxy) is 2. The fraction of sp³-hybridized carbons (Fsp3) is 0.520. The Morgan fingerprint density at radius 1 is 0.704 bits per heavy atom. The second-order valence-electron chi connectivity index (χ2n) is 8.59. The lowest BCUT2D eigenvalue weighted by molar-refractivity contribution is 0.0404. The van der Waals surface area contributed by atoms with Crippen molar-refractivity contribution in [3.05, 3.63) is 71.8 Å². The van der Waals surface area contributed by atoms with Crippen LogP contribution in [0.3, 0.4) is 0 Å². The summed E-state index contributed by atoms with van der Waals surface area (Å²) in [5.74, 6) is 2.65. The SMILES string of the molecule is COC[C@@H]1[C@@H](COC)[C@@H]2CC[C@@H]1C2(Cc1ccccc1)Cc1ccccc1. The van der Waals surface area contributed by atoms with Crippen molar-refractivity contribution < 1.29 is 9.47 Å². The zero-order chi connectivity index (χ0) is 18.7. The third-order valence-corrected chi connectivity index (χ3v) is 7.32. The molecule has 0 spiro atoms. The molecule has 2 fully saturated rings. The van der Waals surface area contributed by atoms with Crippen LogP contribution in [0.2, 0.25) is 0 Å². The second-order valence-corrected chi connectivity index (χ2v) is 8.59. The lowest BCUT2D eigenvalue weighted by Gasteiger charge is -2.36. The van der Waals surface area contributed by atoms with E-state index in [1.807, 2.05) is 14.2 Å². The van der Waals surface area contributed by atoms with Crippen LogP contribution in [-0.2, 0) is 22.3 Å². The Hall–Kier alpha value is -1.64. The first kappa shape index (κ1) is 18.7. The molecule has 2 aromatic rings. The number of hydrogen-bond acceptors (Lipinski definition) is 2. The summed E-state index contributed by atoms with van der Waals surface area (Å²) in [6, 6.07) is 22.2. The van der Waals surface area contributed by atoms with Crippen molar-refractivity contribution in [3.8, 4) is 0 Å². The Kier molecular flexibility index (Phi) is 5.66. The van der Waals surface area contributed by atoms with Gasteiger partial charge in [-0.3, -0.25) is 0 Å². The first-order valence-corrected chi connectivity index (χ1v) is 10.3. The summed E-state index contributed by atoms with van der Waals surface area (Å²) in [6.07, 6.45) is 4.99. The smallest absolute Gasteiger partial charge is 0.0496 e. The van der Waals surface area contributed by atoms with E-state index < -0.39 is 0 Å². The maximum Gasteiger partial charge on any atom is 0.0496 e. The molecule has 27 heavy (non-hydrogen) atoms. The summed E-state index contributed by atoms with van der Waals surface area (Å²) in [5.41, 5.74) is 3.26. The molecule has 0 amide bonds. The molecule has 2 aliphatic carbocycles. The predicted octanol–water partition coefficient (Wildman–Crippen LogP) is 5.02. The highest BCUT2D eigenvalue weighted by Crippen LogP contribution is 2.65. The number of benzene rings is 2. The minimum absolute atomic E-state index is 0.315.